The summed E-state index contributed by atoms with van der Waals surface area (Å²) in [4.78, 5) is 32.2. The molecular formula is C8H12ClNO5. The van der Waals surface area contributed by atoms with Gasteiger partial charge < -0.3 is 15.2 Å². The summed E-state index contributed by atoms with van der Waals surface area (Å²) < 4.78 is 4.50. The van der Waals surface area contributed by atoms with E-state index in [9.17, 15) is 14.4 Å². The number of nitrogens with one attached hydrogen (secondary N) is 1. The molecular weight excluding hydrogens is 226 g/mol. The maximum Gasteiger partial charge on any atom is 0.407 e. The molecule has 0 spiro atoms. The summed E-state index contributed by atoms with van der Waals surface area (Å²) in [5.41, 5.74) is 0. The Morgan fingerprint density at radius 1 is 1.47 bits per heavy atom. The van der Waals surface area contributed by atoms with E-state index in [-0.39, 0.29) is 24.7 Å². The number of amides is 1. The van der Waals surface area contributed by atoms with Crippen LogP contribution in [0.4, 0.5) is 4.79 Å². The van der Waals surface area contributed by atoms with Crippen molar-refractivity contribution in [2.75, 3.05) is 12.5 Å². The molecule has 0 aromatic heterocycles. The average molecular weight is 238 g/mol. The molecule has 2 N–H and O–H groups in total. The molecule has 6 nitrogen and oxygen atoms in total. The number of hydrogen-bond donors (Lipinski definition) is 2. The van der Waals surface area contributed by atoms with Gasteiger partial charge in [0.05, 0.1) is 5.88 Å². The average Bonchev–Trinajstić information content (AvgIpc) is 2.12. The topological polar surface area (TPSA) is 92.7 Å². The molecule has 0 rings (SSSR count). The maximum absolute atomic E-state index is 10.9. The van der Waals surface area contributed by atoms with Crippen LogP contribution in [-0.2, 0) is 14.3 Å². The summed E-state index contributed by atoms with van der Waals surface area (Å²) in [6.07, 6.45) is -1.17. The van der Waals surface area contributed by atoms with Crippen molar-refractivity contribution in [3.63, 3.8) is 0 Å². The number of carbonyl (C=O) groups is 3. The Morgan fingerprint density at radius 3 is 2.47 bits per heavy atom. The fourth-order valence-corrected chi connectivity index (χ4v) is 0.880. The molecule has 0 radical (unpaired) electrons. The van der Waals surface area contributed by atoms with Gasteiger partial charge in [-0.25, -0.2) is 9.59 Å². The minimum atomic E-state index is -1.28. The number of alkyl halides is 1. The first-order valence-corrected chi connectivity index (χ1v) is 4.72. The SMILES string of the molecule is CC(=O)CC(NC(=O)OCCCl)C(=O)O. The van der Waals surface area contributed by atoms with Crippen molar-refractivity contribution in [3.8, 4) is 0 Å². The molecule has 0 aliphatic carbocycles. The van der Waals surface area contributed by atoms with Gasteiger partial charge in [0, 0.05) is 6.42 Å². The van der Waals surface area contributed by atoms with Crippen LogP contribution in [-0.4, -0.2) is 41.5 Å². The molecule has 0 aromatic carbocycles. The number of halogens is 1. The number of Topliss-reactive ketones (excluding diaryl/α,β-unsaturated/α-hetero) is 1. The molecule has 0 aromatic rings. The van der Waals surface area contributed by atoms with Gasteiger partial charge in [-0.3, -0.25) is 4.79 Å². The highest BCUT2D eigenvalue weighted by Crippen LogP contribution is 1.95. The van der Waals surface area contributed by atoms with Crippen molar-refractivity contribution in [1.82, 2.24) is 5.32 Å². The molecule has 0 saturated carbocycles. The molecule has 7 heteroatoms. The molecule has 1 amide bonds. The van der Waals surface area contributed by atoms with Gasteiger partial charge in [-0.05, 0) is 6.92 Å². The summed E-state index contributed by atoms with van der Waals surface area (Å²) in [6, 6.07) is -1.26. The van der Waals surface area contributed by atoms with E-state index in [4.69, 9.17) is 16.7 Å². The molecule has 0 heterocycles. The Balaban J connectivity index is 4.10. The summed E-state index contributed by atoms with van der Waals surface area (Å²) in [7, 11) is 0. The van der Waals surface area contributed by atoms with E-state index in [1.165, 1.54) is 6.92 Å². The lowest BCUT2D eigenvalue weighted by Crippen LogP contribution is -2.42. The second kappa shape index (κ2) is 7.05. The number of aliphatic carboxylic acids is 1. The van der Waals surface area contributed by atoms with Crippen molar-refractivity contribution in [1.29, 1.82) is 0 Å². The second-order valence-corrected chi connectivity index (χ2v) is 3.14. The molecule has 0 bridgehead atoms. The highest BCUT2D eigenvalue weighted by molar-refractivity contribution is 6.18. The lowest BCUT2D eigenvalue weighted by Gasteiger charge is -2.12. The van der Waals surface area contributed by atoms with Gasteiger partial charge in [0.1, 0.15) is 18.4 Å². The first kappa shape index (κ1) is 13.7. The van der Waals surface area contributed by atoms with E-state index in [2.05, 4.69) is 4.74 Å². The Kier molecular flexibility index (Phi) is 6.44. The van der Waals surface area contributed by atoms with Gasteiger partial charge in [-0.15, -0.1) is 11.6 Å². The maximum atomic E-state index is 10.9. The third kappa shape index (κ3) is 6.73. The van der Waals surface area contributed by atoms with Crippen molar-refractivity contribution in [3.05, 3.63) is 0 Å². The zero-order chi connectivity index (χ0) is 11.8. The van der Waals surface area contributed by atoms with E-state index in [0.29, 0.717) is 0 Å². The van der Waals surface area contributed by atoms with Gasteiger partial charge in [-0.2, -0.15) is 0 Å². The van der Waals surface area contributed by atoms with Crippen molar-refractivity contribution in [2.24, 2.45) is 0 Å². The fourth-order valence-electron chi connectivity index (χ4n) is 0.803. The first-order chi connectivity index (χ1) is 6.97. The number of carboxylic acids is 1. The largest absolute Gasteiger partial charge is 0.480 e. The number of alkyl carbamates (subject to hydrolysis) is 1. The van der Waals surface area contributed by atoms with E-state index >= 15 is 0 Å². The van der Waals surface area contributed by atoms with Crippen LogP contribution >= 0.6 is 11.6 Å². The van der Waals surface area contributed by atoms with Crippen LogP contribution in [0, 0.1) is 0 Å². The summed E-state index contributed by atoms with van der Waals surface area (Å²) >= 11 is 5.25. The van der Waals surface area contributed by atoms with Gasteiger partial charge in [0.15, 0.2) is 0 Å². The Labute approximate surface area is 91.5 Å². The number of hydrogen-bond acceptors (Lipinski definition) is 4. The van der Waals surface area contributed by atoms with Crippen LogP contribution in [0.3, 0.4) is 0 Å². The van der Waals surface area contributed by atoms with Crippen molar-refractivity contribution >= 4 is 29.4 Å². The number of carboxylic acid groups (broad SMARTS) is 1. The normalized spacial score (nSPS) is 11.6. The van der Waals surface area contributed by atoms with Crippen LogP contribution in [0.15, 0.2) is 0 Å². The molecule has 0 saturated heterocycles. The molecule has 1 atom stereocenters. The van der Waals surface area contributed by atoms with Gasteiger partial charge in [0.2, 0.25) is 0 Å². The lowest BCUT2D eigenvalue weighted by molar-refractivity contribution is -0.140. The van der Waals surface area contributed by atoms with Crippen molar-refractivity contribution < 1.29 is 24.2 Å². The summed E-state index contributed by atoms with van der Waals surface area (Å²) in [5.74, 6) is -1.49. The first-order valence-electron chi connectivity index (χ1n) is 4.19. The van der Waals surface area contributed by atoms with E-state index in [0.717, 1.165) is 0 Å². The smallest absolute Gasteiger partial charge is 0.407 e. The van der Waals surface area contributed by atoms with E-state index in [1.807, 2.05) is 5.32 Å². The molecule has 0 aliphatic heterocycles. The Hall–Kier alpha value is -1.30. The van der Waals surface area contributed by atoms with Crippen molar-refractivity contribution in [2.45, 2.75) is 19.4 Å². The monoisotopic (exact) mass is 237 g/mol. The van der Waals surface area contributed by atoms with Gasteiger partial charge in [-0.1, -0.05) is 0 Å². The van der Waals surface area contributed by atoms with E-state index < -0.39 is 18.1 Å². The predicted molar refractivity (Wildman–Crippen MR) is 51.9 cm³/mol. The molecule has 0 fully saturated rings. The number of carbonyl (C=O) groups excluding carboxylic acids is 2. The van der Waals surface area contributed by atoms with Crippen LogP contribution in [0.1, 0.15) is 13.3 Å². The zero-order valence-corrected chi connectivity index (χ0v) is 8.91. The minimum absolute atomic E-state index is 0.0141. The summed E-state index contributed by atoms with van der Waals surface area (Å²) in [6.45, 7) is 1.22. The third-order valence-corrected chi connectivity index (χ3v) is 1.55. The molecule has 1 unspecified atom stereocenters. The minimum Gasteiger partial charge on any atom is -0.480 e. The Morgan fingerprint density at radius 2 is 2.07 bits per heavy atom. The highest BCUT2D eigenvalue weighted by atomic mass is 35.5. The number of ether oxygens (including phenoxy) is 1. The van der Waals surface area contributed by atoms with Crippen LogP contribution in [0.2, 0.25) is 0 Å². The highest BCUT2D eigenvalue weighted by Gasteiger charge is 2.21. The van der Waals surface area contributed by atoms with Gasteiger partial charge in [0.25, 0.3) is 0 Å². The lowest BCUT2D eigenvalue weighted by atomic mass is 10.1. The molecule has 86 valence electrons. The van der Waals surface area contributed by atoms with Crippen LogP contribution in [0.25, 0.3) is 0 Å². The standard InChI is InChI=1S/C8H12ClNO5/c1-5(11)4-6(7(12)13)10-8(14)15-3-2-9/h6H,2-4H2,1H3,(H,10,14)(H,12,13). The van der Waals surface area contributed by atoms with Gasteiger partial charge >= 0.3 is 12.1 Å². The Bertz CT molecular complexity index is 255. The van der Waals surface area contributed by atoms with Crippen LogP contribution < -0.4 is 5.32 Å². The predicted octanol–water partition coefficient (Wildman–Crippen LogP) is 0.384. The second-order valence-electron chi connectivity index (χ2n) is 2.77. The van der Waals surface area contributed by atoms with E-state index in [1.54, 1.807) is 0 Å². The zero-order valence-electron chi connectivity index (χ0n) is 8.16. The fraction of sp³-hybridized carbons (Fsp3) is 0.625. The quantitative estimate of drug-likeness (QED) is 0.652. The number of rotatable bonds is 6. The molecule has 0 aliphatic rings. The third-order valence-electron chi connectivity index (χ3n) is 1.39. The summed E-state index contributed by atoms with van der Waals surface area (Å²) in [5, 5.41) is 10.7. The number of ketones is 1. The molecule has 15 heavy (non-hydrogen) atoms. The van der Waals surface area contributed by atoms with Crippen LogP contribution in [0.5, 0.6) is 0 Å².